The highest BCUT2D eigenvalue weighted by atomic mass is 19.1. The zero-order valence-corrected chi connectivity index (χ0v) is 11.1. The molecule has 1 aromatic carbocycles. The molecule has 2 aromatic heterocycles. The highest BCUT2D eigenvalue weighted by molar-refractivity contribution is 5.69. The highest BCUT2D eigenvalue weighted by Gasteiger charge is 2.12. The fourth-order valence-electron chi connectivity index (χ4n) is 2.02. The van der Waals surface area contributed by atoms with Gasteiger partial charge in [0.1, 0.15) is 12.2 Å². The molecule has 0 aliphatic carbocycles. The number of halogens is 1. The van der Waals surface area contributed by atoms with E-state index in [1.54, 1.807) is 25.1 Å². The fraction of sp³-hybridized carbons (Fsp3) is 0.143. The lowest BCUT2D eigenvalue weighted by molar-refractivity contribution is -0.136. The SMILES string of the molecule is Cc1ccc(-c2ccnc3nc(CC(=O)O)nn23)cc1F. The van der Waals surface area contributed by atoms with Crippen LogP contribution in [0.15, 0.2) is 30.5 Å². The summed E-state index contributed by atoms with van der Waals surface area (Å²) in [5.74, 6) is -0.892. The largest absolute Gasteiger partial charge is 0.481 e. The first-order chi connectivity index (χ1) is 10.0. The Kier molecular flexibility index (Phi) is 3.09. The predicted octanol–water partition coefficient (Wildman–Crippen LogP) is 1.87. The Morgan fingerprint density at radius 2 is 2.19 bits per heavy atom. The van der Waals surface area contributed by atoms with Crippen molar-refractivity contribution >= 4 is 11.7 Å². The van der Waals surface area contributed by atoms with Crippen molar-refractivity contribution in [1.82, 2.24) is 19.6 Å². The molecule has 1 N–H and O–H groups in total. The molecule has 21 heavy (non-hydrogen) atoms. The van der Waals surface area contributed by atoms with E-state index in [0.29, 0.717) is 16.8 Å². The second kappa shape index (κ2) is 4.93. The molecule has 7 heteroatoms. The maximum absolute atomic E-state index is 13.7. The van der Waals surface area contributed by atoms with Crippen LogP contribution in [0, 0.1) is 12.7 Å². The second-order valence-electron chi connectivity index (χ2n) is 4.60. The zero-order chi connectivity index (χ0) is 15.0. The number of fused-ring (bicyclic) bond motifs is 1. The highest BCUT2D eigenvalue weighted by Crippen LogP contribution is 2.21. The Hall–Kier alpha value is -2.83. The Balaban J connectivity index is 2.15. The van der Waals surface area contributed by atoms with Crippen LogP contribution in [0.5, 0.6) is 0 Å². The minimum atomic E-state index is -1.02. The van der Waals surface area contributed by atoms with Crippen molar-refractivity contribution < 1.29 is 14.3 Å². The first kappa shape index (κ1) is 13.2. The maximum atomic E-state index is 13.7. The molecule has 0 spiro atoms. The summed E-state index contributed by atoms with van der Waals surface area (Å²) in [5, 5.41) is 12.9. The van der Waals surface area contributed by atoms with Gasteiger partial charge in [-0.2, -0.15) is 9.50 Å². The second-order valence-corrected chi connectivity index (χ2v) is 4.60. The molecule has 6 nitrogen and oxygen atoms in total. The molecule has 3 rings (SSSR count). The molecule has 0 saturated carbocycles. The lowest BCUT2D eigenvalue weighted by Crippen LogP contribution is -2.02. The van der Waals surface area contributed by atoms with Crippen LogP contribution in [0.25, 0.3) is 17.0 Å². The van der Waals surface area contributed by atoms with Crippen molar-refractivity contribution in [2.75, 3.05) is 0 Å². The predicted molar refractivity (Wildman–Crippen MR) is 72.3 cm³/mol. The summed E-state index contributed by atoms with van der Waals surface area (Å²) >= 11 is 0. The average Bonchev–Trinajstić information content (AvgIpc) is 2.83. The van der Waals surface area contributed by atoms with Gasteiger partial charge in [-0.05, 0) is 24.6 Å². The van der Waals surface area contributed by atoms with Crippen LogP contribution in [0.4, 0.5) is 4.39 Å². The number of hydrogen-bond acceptors (Lipinski definition) is 4. The van der Waals surface area contributed by atoms with Gasteiger partial charge < -0.3 is 5.11 Å². The number of aliphatic carboxylic acids is 1. The van der Waals surface area contributed by atoms with Gasteiger partial charge in [0.25, 0.3) is 5.78 Å². The lowest BCUT2D eigenvalue weighted by atomic mass is 10.1. The van der Waals surface area contributed by atoms with Crippen molar-refractivity contribution in [1.29, 1.82) is 0 Å². The Labute approximate surface area is 118 Å². The average molecular weight is 286 g/mol. The monoisotopic (exact) mass is 286 g/mol. The minimum absolute atomic E-state index is 0.162. The number of benzene rings is 1. The van der Waals surface area contributed by atoms with Gasteiger partial charge >= 0.3 is 5.97 Å². The maximum Gasteiger partial charge on any atom is 0.311 e. The zero-order valence-electron chi connectivity index (χ0n) is 11.1. The van der Waals surface area contributed by atoms with Gasteiger partial charge in [0.15, 0.2) is 5.82 Å². The summed E-state index contributed by atoms with van der Waals surface area (Å²) in [5.41, 5.74) is 1.77. The number of hydrogen-bond donors (Lipinski definition) is 1. The van der Waals surface area contributed by atoms with Gasteiger partial charge in [-0.15, -0.1) is 5.10 Å². The van der Waals surface area contributed by atoms with Gasteiger partial charge in [0.2, 0.25) is 0 Å². The van der Waals surface area contributed by atoms with E-state index >= 15 is 0 Å². The quantitative estimate of drug-likeness (QED) is 0.795. The molecule has 2 heterocycles. The molecule has 0 bridgehead atoms. The lowest BCUT2D eigenvalue weighted by Gasteiger charge is -2.05. The van der Waals surface area contributed by atoms with E-state index in [-0.39, 0.29) is 23.8 Å². The third kappa shape index (κ3) is 2.45. The van der Waals surface area contributed by atoms with Crippen LogP contribution in [-0.2, 0) is 11.2 Å². The number of aromatic nitrogens is 4. The molecule has 3 aromatic rings. The minimum Gasteiger partial charge on any atom is -0.481 e. The summed E-state index contributed by atoms with van der Waals surface area (Å²) in [6.45, 7) is 1.68. The Morgan fingerprint density at radius 3 is 2.90 bits per heavy atom. The summed E-state index contributed by atoms with van der Waals surface area (Å²) in [7, 11) is 0. The van der Waals surface area contributed by atoms with Crippen molar-refractivity contribution in [2.45, 2.75) is 13.3 Å². The van der Waals surface area contributed by atoms with E-state index in [0.717, 1.165) is 0 Å². The number of carboxylic acids is 1. The molecule has 0 radical (unpaired) electrons. The Morgan fingerprint density at radius 1 is 1.38 bits per heavy atom. The molecular formula is C14H11FN4O2. The number of carbonyl (C=O) groups is 1. The number of carboxylic acid groups (broad SMARTS) is 1. The van der Waals surface area contributed by atoms with Gasteiger partial charge in [-0.3, -0.25) is 4.79 Å². The first-order valence-corrected chi connectivity index (χ1v) is 6.23. The molecular weight excluding hydrogens is 275 g/mol. The standard InChI is InChI=1S/C14H11FN4O2/c1-8-2-3-9(6-10(8)15)11-4-5-16-14-17-12(7-13(20)21)18-19(11)14/h2-6H,7H2,1H3,(H,20,21). The third-order valence-electron chi connectivity index (χ3n) is 3.06. The van der Waals surface area contributed by atoms with E-state index in [2.05, 4.69) is 15.1 Å². The fourth-order valence-corrected chi connectivity index (χ4v) is 2.02. The smallest absolute Gasteiger partial charge is 0.311 e. The molecule has 0 aliphatic rings. The van der Waals surface area contributed by atoms with Crippen molar-refractivity contribution in [3.63, 3.8) is 0 Å². The molecule has 106 valence electrons. The van der Waals surface area contributed by atoms with Crippen LogP contribution in [0.3, 0.4) is 0 Å². The topological polar surface area (TPSA) is 80.4 Å². The van der Waals surface area contributed by atoms with Gasteiger partial charge in [0.05, 0.1) is 5.69 Å². The third-order valence-corrected chi connectivity index (χ3v) is 3.06. The van der Waals surface area contributed by atoms with Crippen molar-refractivity contribution in [3.05, 3.63) is 47.7 Å². The van der Waals surface area contributed by atoms with Crippen molar-refractivity contribution in [2.24, 2.45) is 0 Å². The van der Waals surface area contributed by atoms with Crippen LogP contribution in [0.1, 0.15) is 11.4 Å². The summed E-state index contributed by atoms with van der Waals surface area (Å²) in [6, 6.07) is 6.52. The van der Waals surface area contributed by atoms with Crippen LogP contribution in [-0.4, -0.2) is 30.7 Å². The van der Waals surface area contributed by atoms with E-state index in [1.165, 1.54) is 16.8 Å². The normalized spacial score (nSPS) is 11.0. The number of aryl methyl sites for hydroxylation is 1. The molecule has 0 unspecified atom stereocenters. The van der Waals surface area contributed by atoms with Crippen molar-refractivity contribution in [3.8, 4) is 11.3 Å². The molecule has 0 amide bonds. The van der Waals surface area contributed by atoms with E-state index in [9.17, 15) is 9.18 Å². The summed E-state index contributed by atoms with van der Waals surface area (Å²) < 4.78 is 15.1. The molecule has 0 saturated heterocycles. The van der Waals surface area contributed by atoms with Crippen LogP contribution < -0.4 is 0 Å². The van der Waals surface area contributed by atoms with Crippen LogP contribution >= 0.6 is 0 Å². The first-order valence-electron chi connectivity index (χ1n) is 6.23. The summed E-state index contributed by atoms with van der Waals surface area (Å²) in [6.07, 6.45) is 1.24. The van der Waals surface area contributed by atoms with Gasteiger partial charge in [-0.1, -0.05) is 12.1 Å². The van der Waals surface area contributed by atoms with E-state index < -0.39 is 5.97 Å². The Bertz CT molecular complexity index is 844. The van der Waals surface area contributed by atoms with E-state index in [1.807, 2.05) is 0 Å². The molecule has 0 fully saturated rings. The number of nitrogens with zero attached hydrogens (tertiary/aromatic N) is 4. The van der Waals surface area contributed by atoms with Gasteiger partial charge in [0, 0.05) is 11.8 Å². The van der Waals surface area contributed by atoms with Crippen LogP contribution in [0.2, 0.25) is 0 Å². The number of rotatable bonds is 3. The van der Waals surface area contributed by atoms with E-state index in [4.69, 9.17) is 5.11 Å². The van der Waals surface area contributed by atoms with Gasteiger partial charge in [-0.25, -0.2) is 9.37 Å². The summed E-state index contributed by atoms with van der Waals surface area (Å²) in [4.78, 5) is 18.8. The molecule has 0 atom stereocenters. The molecule has 0 aliphatic heterocycles.